The first-order valence-electron chi connectivity index (χ1n) is 11.8. The molecule has 170 valence electrons. The molecule has 7 heteroatoms. The molecule has 0 radical (unpaired) electrons. The van der Waals surface area contributed by atoms with Crippen molar-refractivity contribution < 1.29 is 19.3 Å². The smallest absolute Gasteiger partial charge is 0.291 e. The summed E-state index contributed by atoms with van der Waals surface area (Å²) in [5.41, 5.74) is 1.76. The van der Waals surface area contributed by atoms with Crippen LogP contribution in [0, 0.1) is 18.8 Å². The molecule has 6 nitrogen and oxygen atoms in total. The fraction of sp³-hybridized carbons (Fsp3) is 0.296. The quantitative estimate of drug-likeness (QED) is 0.535. The molecule has 0 aromatic heterocycles. The van der Waals surface area contributed by atoms with Crippen LogP contribution in [0.5, 0.6) is 0 Å². The van der Waals surface area contributed by atoms with Crippen LogP contribution in [-0.4, -0.2) is 30.3 Å². The average Bonchev–Trinajstić information content (AvgIpc) is 3.55. The molecule has 0 bridgehead atoms. The Labute approximate surface area is 201 Å². The molecule has 1 unspecified atom stereocenters. The van der Waals surface area contributed by atoms with Crippen molar-refractivity contribution in [3.05, 3.63) is 70.7 Å². The number of benzene rings is 3. The maximum Gasteiger partial charge on any atom is 0.291 e. The lowest BCUT2D eigenvalue weighted by Gasteiger charge is -2.33. The Morgan fingerprint density at radius 2 is 1.82 bits per heavy atom. The number of amides is 3. The minimum absolute atomic E-state index is 0.0559. The molecule has 3 amide bonds. The highest BCUT2D eigenvalue weighted by molar-refractivity contribution is 6.32. The lowest BCUT2D eigenvalue weighted by atomic mass is 9.75. The van der Waals surface area contributed by atoms with E-state index in [0.29, 0.717) is 16.4 Å². The second-order valence-electron chi connectivity index (χ2n) is 9.93. The number of imide groups is 1. The molecule has 0 saturated carbocycles. The van der Waals surface area contributed by atoms with Crippen molar-refractivity contribution in [3.63, 3.8) is 0 Å². The number of carbonyl (C=O) groups is 3. The third kappa shape index (κ3) is 2.23. The van der Waals surface area contributed by atoms with Crippen molar-refractivity contribution >= 4 is 51.5 Å². The third-order valence-corrected chi connectivity index (χ3v) is 8.99. The van der Waals surface area contributed by atoms with Gasteiger partial charge in [-0.05, 0) is 47.5 Å². The van der Waals surface area contributed by atoms with E-state index in [4.69, 9.17) is 11.6 Å². The predicted octanol–water partition coefficient (Wildman–Crippen LogP) is 2.82. The largest absolute Gasteiger partial charge is 0.319 e. The molecule has 2 N–H and O–H groups in total. The maximum absolute atomic E-state index is 14.1. The molecule has 3 saturated heterocycles. The second-order valence-corrected chi connectivity index (χ2v) is 10.3. The van der Waals surface area contributed by atoms with Crippen molar-refractivity contribution in [2.75, 3.05) is 16.8 Å². The minimum atomic E-state index is -1.10. The molecular weight excluding hydrogens is 450 g/mol. The number of hydrogen-bond acceptors (Lipinski definition) is 3. The van der Waals surface area contributed by atoms with E-state index in [9.17, 15) is 14.4 Å². The molecule has 4 aliphatic heterocycles. The van der Waals surface area contributed by atoms with E-state index in [-0.39, 0.29) is 23.8 Å². The van der Waals surface area contributed by atoms with Crippen molar-refractivity contribution in [2.24, 2.45) is 11.8 Å². The number of nitrogens with zero attached hydrogens (tertiary/aromatic N) is 1. The molecule has 3 aromatic rings. The van der Waals surface area contributed by atoms with Crippen LogP contribution in [0.15, 0.2) is 54.6 Å². The highest BCUT2D eigenvalue weighted by atomic mass is 35.5. The Morgan fingerprint density at radius 3 is 2.65 bits per heavy atom. The number of hydrogen-bond donors (Lipinski definition) is 2. The SMILES string of the molecule is Cc1c(Cl)ccc2c1NC(=O)[C@@]21[C@@H]2C(=O)N(c3ccc4ccccc4c3)C(=O)[C@@H]2[C@@H]2CCC[NH+]21. The molecule has 4 aliphatic rings. The lowest BCUT2D eigenvalue weighted by Crippen LogP contribution is -3.19. The van der Waals surface area contributed by atoms with E-state index in [2.05, 4.69) is 5.32 Å². The van der Waals surface area contributed by atoms with Crippen LogP contribution in [-0.2, 0) is 19.9 Å². The van der Waals surface area contributed by atoms with Gasteiger partial charge in [-0.25, -0.2) is 4.90 Å². The fourth-order valence-corrected chi connectivity index (χ4v) is 7.38. The summed E-state index contributed by atoms with van der Waals surface area (Å²) >= 11 is 6.37. The van der Waals surface area contributed by atoms with E-state index in [1.165, 1.54) is 4.90 Å². The van der Waals surface area contributed by atoms with Crippen LogP contribution in [0.4, 0.5) is 11.4 Å². The number of fused-ring (bicyclic) bond motifs is 8. The summed E-state index contributed by atoms with van der Waals surface area (Å²) in [6, 6.07) is 17.2. The molecule has 3 fully saturated rings. The molecular formula is C27H23ClN3O3+. The monoisotopic (exact) mass is 472 g/mol. The first-order chi connectivity index (χ1) is 16.4. The van der Waals surface area contributed by atoms with Crippen LogP contribution in [0.25, 0.3) is 10.8 Å². The number of quaternary nitrogens is 1. The first-order valence-corrected chi connectivity index (χ1v) is 12.2. The summed E-state index contributed by atoms with van der Waals surface area (Å²) in [7, 11) is 0. The van der Waals surface area contributed by atoms with Gasteiger partial charge in [-0.2, -0.15) is 0 Å². The molecule has 5 atom stereocenters. The normalized spacial score (nSPS) is 31.4. The highest BCUT2D eigenvalue weighted by Crippen LogP contribution is 2.53. The van der Waals surface area contributed by atoms with Crippen LogP contribution in [0.2, 0.25) is 5.02 Å². The van der Waals surface area contributed by atoms with Crippen molar-refractivity contribution in [2.45, 2.75) is 31.3 Å². The molecule has 0 aliphatic carbocycles. The Morgan fingerprint density at radius 1 is 1.03 bits per heavy atom. The second kappa shape index (κ2) is 6.68. The highest BCUT2D eigenvalue weighted by Gasteiger charge is 2.78. The van der Waals surface area contributed by atoms with Gasteiger partial charge in [0.15, 0.2) is 0 Å². The first kappa shape index (κ1) is 20.2. The zero-order chi connectivity index (χ0) is 23.4. The van der Waals surface area contributed by atoms with Crippen molar-refractivity contribution in [1.82, 2.24) is 0 Å². The molecule has 34 heavy (non-hydrogen) atoms. The van der Waals surface area contributed by atoms with Gasteiger partial charge in [0.1, 0.15) is 17.9 Å². The zero-order valence-electron chi connectivity index (χ0n) is 18.6. The summed E-state index contributed by atoms with van der Waals surface area (Å²) in [6.07, 6.45) is 1.76. The summed E-state index contributed by atoms with van der Waals surface area (Å²) in [5.74, 6) is -1.89. The number of halogens is 1. The Kier molecular flexibility index (Phi) is 3.96. The van der Waals surface area contributed by atoms with E-state index in [0.717, 1.165) is 46.2 Å². The maximum atomic E-state index is 14.1. The van der Waals surface area contributed by atoms with Crippen LogP contribution in [0.3, 0.4) is 0 Å². The van der Waals surface area contributed by atoms with Crippen LogP contribution < -0.4 is 15.1 Å². The van der Waals surface area contributed by atoms with Gasteiger partial charge in [0.05, 0.1) is 17.9 Å². The van der Waals surface area contributed by atoms with Gasteiger partial charge in [-0.15, -0.1) is 0 Å². The Bertz CT molecular complexity index is 1450. The van der Waals surface area contributed by atoms with Crippen LogP contribution in [0.1, 0.15) is 24.0 Å². The van der Waals surface area contributed by atoms with Gasteiger partial charge >= 0.3 is 0 Å². The predicted molar refractivity (Wildman–Crippen MR) is 129 cm³/mol. The number of rotatable bonds is 1. The standard InChI is InChI=1S/C27H22ClN3O3/c1-14-19(28)11-10-18-23(14)29-26(34)27(18)22-21(20-7-4-12-30(20)27)24(32)31(25(22)33)17-9-8-15-5-2-3-6-16(15)13-17/h2-3,5-6,8-11,13,20-22H,4,7,12H2,1H3,(H,29,34)/p+1/t20-,21+,22-,27-/m0/s1. The van der Waals surface area contributed by atoms with E-state index < -0.39 is 17.4 Å². The van der Waals surface area contributed by atoms with Gasteiger partial charge < -0.3 is 10.2 Å². The number of carbonyl (C=O) groups excluding carboxylic acids is 3. The zero-order valence-corrected chi connectivity index (χ0v) is 19.4. The summed E-state index contributed by atoms with van der Waals surface area (Å²) in [4.78, 5) is 44.2. The molecule has 7 rings (SSSR count). The van der Waals surface area contributed by atoms with Gasteiger partial charge in [0.2, 0.25) is 17.4 Å². The minimum Gasteiger partial charge on any atom is -0.319 e. The summed E-state index contributed by atoms with van der Waals surface area (Å²) in [6.45, 7) is 2.65. The lowest BCUT2D eigenvalue weighted by molar-refractivity contribution is -0.948. The van der Waals surface area contributed by atoms with Gasteiger partial charge in [0, 0.05) is 23.4 Å². The molecule has 1 spiro atoms. The molecule has 3 aromatic carbocycles. The Hall–Kier alpha value is -3.22. The summed E-state index contributed by atoms with van der Waals surface area (Å²) in [5, 5.41) is 5.64. The van der Waals surface area contributed by atoms with Crippen LogP contribution >= 0.6 is 11.6 Å². The van der Waals surface area contributed by atoms with Crippen molar-refractivity contribution in [3.8, 4) is 0 Å². The van der Waals surface area contributed by atoms with Gasteiger partial charge in [-0.3, -0.25) is 14.4 Å². The average molecular weight is 473 g/mol. The third-order valence-electron chi connectivity index (χ3n) is 8.58. The molecule has 4 heterocycles. The number of anilines is 2. The van der Waals surface area contributed by atoms with E-state index in [1.54, 1.807) is 6.07 Å². The Balaban J connectivity index is 1.42. The van der Waals surface area contributed by atoms with E-state index in [1.807, 2.05) is 55.5 Å². The van der Waals surface area contributed by atoms with Crippen molar-refractivity contribution in [1.29, 1.82) is 0 Å². The van der Waals surface area contributed by atoms with Gasteiger partial charge in [0.25, 0.3) is 5.91 Å². The fourth-order valence-electron chi connectivity index (χ4n) is 7.22. The summed E-state index contributed by atoms with van der Waals surface area (Å²) < 4.78 is 0. The van der Waals surface area contributed by atoms with E-state index >= 15 is 0 Å². The number of nitrogens with one attached hydrogen (secondary N) is 2. The topological polar surface area (TPSA) is 70.9 Å². The van der Waals surface area contributed by atoms with Gasteiger partial charge in [-0.1, -0.05) is 41.9 Å².